The monoisotopic (exact) mass is 279 g/mol. The molecule has 0 aromatic heterocycles. The van der Waals surface area contributed by atoms with Gasteiger partial charge in [0.05, 0.1) is 13.2 Å². The average molecular weight is 279 g/mol. The van der Waals surface area contributed by atoms with E-state index in [1.807, 2.05) is 19.1 Å². The van der Waals surface area contributed by atoms with E-state index in [2.05, 4.69) is 25.1 Å². The Morgan fingerprint density at radius 3 is 2.50 bits per heavy atom. The molecule has 0 bridgehead atoms. The van der Waals surface area contributed by atoms with Crippen molar-refractivity contribution in [2.45, 2.75) is 26.2 Å². The Kier molecular flexibility index (Phi) is 13.2. The van der Waals surface area contributed by atoms with Gasteiger partial charge in [-0.25, -0.2) is 0 Å². The van der Waals surface area contributed by atoms with Gasteiger partial charge in [-0.1, -0.05) is 38.0 Å². The Labute approximate surface area is 124 Å². The Hall–Kier alpha value is -1.32. The lowest BCUT2D eigenvalue weighted by Crippen LogP contribution is -2.15. The maximum Gasteiger partial charge on any atom is 0.0700 e. The number of hydrogen-bond acceptors (Lipinski definition) is 3. The molecule has 0 saturated heterocycles. The molecule has 114 valence electrons. The van der Waals surface area contributed by atoms with Crippen molar-refractivity contribution in [1.29, 1.82) is 0 Å². The van der Waals surface area contributed by atoms with Crippen molar-refractivity contribution in [3.8, 4) is 0 Å². The maximum atomic E-state index is 5.46. The van der Waals surface area contributed by atoms with E-state index in [9.17, 15) is 0 Å². The highest BCUT2D eigenvalue weighted by Gasteiger charge is 1.96. The fourth-order valence-electron chi connectivity index (χ4n) is 1.57. The van der Waals surface area contributed by atoms with Gasteiger partial charge >= 0.3 is 0 Å². The molecule has 3 heteroatoms. The van der Waals surface area contributed by atoms with Gasteiger partial charge in [0.25, 0.3) is 0 Å². The van der Waals surface area contributed by atoms with Gasteiger partial charge < -0.3 is 14.8 Å². The molecule has 0 unspecified atom stereocenters. The van der Waals surface area contributed by atoms with Crippen LogP contribution in [0, 0.1) is 0 Å². The topological polar surface area (TPSA) is 30.5 Å². The Morgan fingerprint density at radius 1 is 1.10 bits per heavy atom. The molecule has 0 aromatic carbocycles. The second-order valence-corrected chi connectivity index (χ2v) is 4.40. The van der Waals surface area contributed by atoms with Gasteiger partial charge in [-0.05, 0) is 31.8 Å². The van der Waals surface area contributed by atoms with Gasteiger partial charge in [-0.2, -0.15) is 0 Å². The summed E-state index contributed by atoms with van der Waals surface area (Å²) in [6, 6.07) is 0. The summed E-state index contributed by atoms with van der Waals surface area (Å²) in [4.78, 5) is 0. The van der Waals surface area contributed by atoms with Crippen molar-refractivity contribution in [3.63, 3.8) is 0 Å². The van der Waals surface area contributed by atoms with E-state index >= 15 is 0 Å². The SMILES string of the molecule is C=C/C=C(\C=C)CNC(=C)CCCCOCCOCC. The Balaban J connectivity index is 3.47. The molecule has 20 heavy (non-hydrogen) atoms. The van der Waals surface area contributed by atoms with Crippen LogP contribution in [0.25, 0.3) is 0 Å². The second-order valence-electron chi connectivity index (χ2n) is 4.40. The van der Waals surface area contributed by atoms with Crippen molar-refractivity contribution in [3.05, 3.63) is 49.2 Å². The van der Waals surface area contributed by atoms with Crippen LogP contribution < -0.4 is 5.32 Å². The molecular formula is C17H29NO2. The number of allylic oxidation sites excluding steroid dienone is 3. The predicted molar refractivity (Wildman–Crippen MR) is 86.8 cm³/mol. The fourth-order valence-corrected chi connectivity index (χ4v) is 1.57. The summed E-state index contributed by atoms with van der Waals surface area (Å²) in [6.45, 7) is 17.1. The smallest absolute Gasteiger partial charge is 0.0700 e. The molecule has 0 radical (unpaired) electrons. The number of ether oxygens (including phenoxy) is 2. The first-order chi connectivity index (χ1) is 9.74. The third kappa shape index (κ3) is 11.8. The number of nitrogens with one attached hydrogen (secondary N) is 1. The van der Waals surface area contributed by atoms with E-state index in [4.69, 9.17) is 9.47 Å². The Bertz CT molecular complexity index is 308. The van der Waals surface area contributed by atoms with Crippen LogP contribution in [0.1, 0.15) is 26.2 Å². The molecular weight excluding hydrogens is 250 g/mol. The molecule has 0 amide bonds. The summed E-state index contributed by atoms with van der Waals surface area (Å²) in [5.74, 6) is 0. The number of unbranched alkanes of at least 4 members (excludes halogenated alkanes) is 1. The van der Waals surface area contributed by atoms with Crippen molar-refractivity contribution >= 4 is 0 Å². The van der Waals surface area contributed by atoms with Crippen molar-refractivity contribution < 1.29 is 9.47 Å². The lowest BCUT2D eigenvalue weighted by molar-refractivity contribution is 0.0514. The first kappa shape index (κ1) is 18.7. The zero-order valence-electron chi connectivity index (χ0n) is 12.8. The molecule has 0 aromatic rings. The first-order valence-electron chi connectivity index (χ1n) is 7.25. The third-order valence-electron chi connectivity index (χ3n) is 2.73. The highest BCUT2D eigenvalue weighted by molar-refractivity contribution is 5.23. The van der Waals surface area contributed by atoms with Crippen LogP contribution in [0.5, 0.6) is 0 Å². The normalized spacial score (nSPS) is 11.2. The molecule has 0 aliphatic rings. The van der Waals surface area contributed by atoms with Crippen LogP contribution in [-0.2, 0) is 9.47 Å². The number of rotatable bonds is 14. The standard InChI is InChI=1S/C17H29NO2/c1-5-10-17(6-2)15-18-16(4)11-8-9-12-20-14-13-19-7-3/h5-6,10,18H,1-2,4,7-9,11-15H2,3H3/b17-10+. The predicted octanol–water partition coefficient (Wildman–Crippen LogP) is 3.61. The zero-order valence-corrected chi connectivity index (χ0v) is 12.8. The summed E-state index contributed by atoms with van der Waals surface area (Å²) in [5, 5.41) is 3.29. The molecule has 0 aliphatic heterocycles. The van der Waals surface area contributed by atoms with Gasteiger partial charge in [0.2, 0.25) is 0 Å². The number of hydrogen-bond donors (Lipinski definition) is 1. The van der Waals surface area contributed by atoms with Crippen LogP contribution in [-0.4, -0.2) is 33.0 Å². The van der Waals surface area contributed by atoms with Crippen LogP contribution >= 0.6 is 0 Å². The fraction of sp³-hybridized carbons (Fsp3) is 0.529. The second kappa shape index (κ2) is 14.1. The molecule has 0 heterocycles. The quantitative estimate of drug-likeness (QED) is 0.389. The van der Waals surface area contributed by atoms with Crippen LogP contribution in [0.15, 0.2) is 49.2 Å². The molecule has 0 atom stereocenters. The maximum absolute atomic E-state index is 5.46. The largest absolute Gasteiger partial charge is 0.385 e. The summed E-state index contributed by atoms with van der Waals surface area (Å²) < 4.78 is 10.7. The van der Waals surface area contributed by atoms with E-state index < -0.39 is 0 Å². The van der Waals surface area contributed by atoms with Gasteiger partial charge in [0.15, 0.2) is 0 Å². The minimum atomic E-state index is 0.683. The Morgan fingerprint density at radius 2 is 1.85 bits per heavy atom. The molecule has 0 spiro atoms. The van der Waals surface area contributed by atoms with E-state index in [1.165, 1.54) is 0 Å². The lowest BCUT2D eigenvalue weighted by Gasteiger charge is -2.10. The van der Waals surface area contributed by atoms with Crippen LogP contribution in [0.3, 0.4) is 0 Å². The van der Waals surface area contributed by atoms with E-state index in [-0.39, 0.29) is 0 Å². The van der Waals surface area contributed by atoms with Gasteiger partial charge in [-0.15, -0.1) is 0 Å². The van der Waals surface area contributed by atoms with Crippen molar-refractivity contribution in [2.75, 3.05) is 33.0 Å². The molecule has 0 fully saturated rings. The van der Waals surface area contributed by atoms with Crippen molar-refractivity contribution in [2.24, 2.45) is 0 Å². The van der Waals surface area contributed by atoms with E-state index in [0.29, 0.717) is 13.2 Å². The summed E-state index contributed by atoms with van der Waals surface area (Å²) in [6.07, 6.45) is 8.63. The summed E-state index contributed by atoms with van der Waals surface area (Å²) in [5.41, 5.74) is 2.16. The van der Waals surface area contributed by atoms with Crippen LogP contribution in [0.2, 0.25) is 0 Å². The minimum Gasteiger partial charge on any atom is -0.385 e. The lowest BCUT2D eigenvalue weighted by atomic mass is 10.2. The molecule has 0 aliphatic carbocycles. The summed E-state index contributed by atoms with van der Waals surface area (Å²) >= 11 is 0. The highest BCUT2D eigenvalue weighted by atomic mass is 16.5. The highest BCUT2D eigenvalue weighted by Crippen LogP contribution is 2.04. The zero-order chi connectivity index (χ0) is 15.1. The van der Waals surface area contributed by atoms with Gasteiger partial charge in [0, 0.05) is 25.5 Å². The van der Waals surface area contributed by atoms with E-state index in [0.717, 1.165) is 50.3 Å². The van der Waals surface area contributed by atoms with Gasteiger partial charge in [-0.3, -0.25) is 0 Å². The summed E-state index contributed by atoms with van der Waals surface area (Å²) in [7, 11) is 0. The van der Waals surface area contributed by atoms with Crippen LogP contribution in [0.4, 0.5) is 0 Å². The first-order valence-corrected chi connectivity index (χ1v) is 7.25. The van der Waals surface area contributed by atoms with Crippen molar-refractivity contribution in [1.82, 2.24) is 5.32 Å². The molecule has 0 saturated carbocycles. The molecule has 0 rings (SSSR count). The molecule has 1 N–H and O–H groups in total. The minimum absolute atomic E-state index is 0.683. The van der Waals surface area contributed by atoms with E-state index in [1.54, 1.807) is 6.08 Å². The van der Waals surface area contributed by atoms with Gasteiger partial charge in [0.1, 0.15) is 0 Å². The molecule has 3 nitrogen and oxygen atoms in total. The average Bonchev–Trinajstić information content (AvgIpc) is 2.46. The third-order valence-corrected chi connectivity index (χ3v) is 2.73.